The van der Waals surface area contributed by atoms with Gasteiger partial charge in [-0.05, 0) is 51.8 Å². The second kappa shape index (κ2) is 10.2. The Bertz CT molecular complexity index is 934. The van der Waals surface area contributed by atoms with Crippen LogP contribution in [-0.4, -0.2) is 48.4 Å². The number of nitrogens with one attached hydrogen (secondary N) is 2. The number of unbranched alkanes of at least 4 members (excludes halogenated alkanes) is 2. The van der Waals surface area contributed by atoms with E-state index < -0.39 is 0 Å². The molecule has 0 unspecified atom stereocenters. The summed E-state index contributed by atoms with van der Waals surface area (Å²) in [6.07, 6.45) is 5.70. The molecule has 0 bridgehead atoms. The molecule has 0 aliphatic carbocycles. The van der Waals surface area contributed by atoms with Crippen molar-refractivity contribution in [1.29, 1.82) is 0 Å². The zero-order valence-corrected chi connectivity index (χ0v) is 18.4. The zero-order valence-electron chi connectivity index (χ0n) is 18.4. The maximum atomic E-state index is 5.96. The Labute approximate surface area is 325 Å². The fourth-order valence-corrected chi connectivity index (χ4v) is 3.18. The van der Waals surface area contributed by atoms with E-state index in [0.717, 1.165) is 52.4 Å². The number of nitrogens with zero attached hydrogens (tertiary/aromatic N) is 3. The van der Waals surface area contributed by atoms with Gasteiger partial charge in [-0.25, -0.2) is 5.01 Å². The van der Waals surface area contributed by atoms with Crippen LogP contribution in [0.15, 0.2) is 28.4 Å². The van der Waals surface area contributed by atoms with Crippen LogP contribution in [0.2, 0.25) is 0 Å². The molecule has 0 amide bonds. The van der Waals surface area contributed by atoms with Gasteiger partial charge in [0.2, 0.25) is 5.96 Å². The number of aryl methyl sites for hydroxylation is 1. The topological polar surface area (TPSA) is 65.0 Å². The maximum absolute atomic E-state index is 5.96. The first-order chi connectivity index (χ1) is 13.4. The van der Waals surface area contributed by atoms with Crippen LogP contribution in [0, 0.1) is 6.92 Å². The third-order valence-electron chi connectivity index (χ3n) is 4.61. The van der Waals surface area contributed by atoms with Crippen molar-refractivity contribution in [2.45, 2.75) is 60.0 Å². The number of rotatable bonds is 8. The number of aromatic nitrogens is 1. The number of hydrogen-bond acceptors (Lipinski definition) is 3. The fourth-order valence-electron chi connectivity index (χ4n) is 3.18. The number of guanidine groups is 1. The minimum atomic E-state index is 0. The maximum Gasteiger partial charge on any atom is 0.214 e. The number of hydrazone groups is 1. The van der Waals surface area contributed by atoms with E-state index in [0.29, 0.717) is 0 Å². The van der Waals surface area contributed by atoms with Gasteiger partial charge in [-0.15, -0.1) is 0 Å². The number of fused-ring (bicyclic) bond motifs is 1. The predicted octanol–water partition coefficient (Wildman–Crippen LogP) is 30.5. The third kappa shape index (κ3) is 5.50. The van der Waals surface area contributed by atoms with Crippen molar-refractivity contribution in [2.75, 3.05) is 20.6 Å². The van der Waals surface area contributed by atoms with Crippen molar-refractivity contribution in [3.05, 3.63) is 29.5 Å². The zero-order chi connectivity index (χ0) is 20.7. The Balaban J connectivity index is -0.000000000785. The van der Waals surface area contributed by atoms with Gasteiger partial charge in [0, 0.05) is 193 Å². The molecule has 2 aromatic rings. The minimum absolute atomic E-state index is 0. The van der Waals surface area contributed by atoms with Crippen molar-refractivity contribution in [2.24, 2.45) is 10.1 Å². The van der Waals surface area contributed by atoms with E-state index in [1.165, 1.54) is 12.8 Å². The highest BCUT2D eigenvalue weighted by Gasteiger charge is 2.13. The van der Waals surface area contributed by atoms with Gasteiger partial charge in [0.15, 0.2) is 0 Å². The Morgan fingerprint density at radius 1 is 1.32 bits per heavy atom. The Morgan fingerprint density at radius 2 is 2.07 bits per heavy atom. The third-order valence-corrected chi connectivity index (χ3v) is 4.61. The predicted molar refractivity (Wildman–Crippen MR) is 342 cm³/mol. The van der Waals surface area contributed by atoms with Crippen molar-refractivity contribution >= 4 is 22.6 Å². The summed E-state index contributed by atoms with van der Waals surface area (Å²) in [7, 11) is 3.71. The molecule has 0 fully saturated rings. The first-order valence-electron chi connectivity index (χ1n) is 10.2. The summed E-state index contributed by atoms with van der Waals surface area (Å²) < 4.78 is 5.96. The molecule has 0 aliphatic heterocycles. The lowest BCUT2D eigenvalue weighted by Crippen LogP contribution is -2.36. The van der Waals surface area contributed by atoms with Gasteiger partial charge in [-0.2, -0.15) is 5.10 Å². The molecule has 0 radical (unpaired) electrons. The molecule has 6 heteroatoms. The normalized spacial score (nSPS) is 12.7. The second-order valence-electron chi connectivity index (χ2n) is 7.42. The van der Waals surface area contributed by atoms with Crippen LogP contribution >= 0.6 is 0 Å². The number of aromatic amines is 1. The van der Waals surface area contributed by atoms with Gasteiger partial charge in [0.1, 0.15) is 5.75 Å². The average molecular weight is 597 g/mol. The standard InChI is InChI=1S/C22H35N5O.105H2/c1-8-9-10-11-24-22(23-6)27(7)26-17(5)19-14-25-20-12-16(4)21(13-18(19)20)28-15(2)3;;;;;;;;;;;;;;;;;;;;;;;;;;;;;;;;;;;;;;;;;;;;;;;;;;;;;;;;;;;;;;;;;;;;;;;;;;;;;;;;;;;;;;;;;;;;;;;;;;;;;;;;;/h12-15,25H,8-11H2,1-7H3,(H,23,24);105*1H/b26-17+;;;;;;;;;;;;;;;;;;;;;;;;;;;;;;;;;;;;;;;;;;;;;;;;;;;;;;;;;;;;;;;;;;;;;;;;;;;;;;;;;;;;;;;;;;;;;;;;;;;;;;;;;. The smallest absolute Gasteiger partial charge is 0.214 e. The van der Waals surface area contributed by atoms with E-state index in [9.17, 15) is 0 Å². The first-order valence-corrected chi connectivity index (χ1v) is 10.2. The SMILES string of the molecule is CCCCCNC(=NC)N(C)/N=C(\C)c1c[nH]c2cc(C)c(OC(C)C)cc12.[HH].[HH].[HH].[HH].[HH].[HH].[HH].[HH].[HH].[HH].[HH].[HH].[HH].[HH].[HH].[HH].[HH].[HH].[HH].[HH].[HH].[HH].[HH].[HH].[HH].[HH].[HH].[HH].[HH].[HH].[HH].[HH].[HH].[HH].[HH].[HH].[HH].[HH].[HH].[HH].[HH].[HH].[HH].[HH].[HH].[HH].[HH].[HH].[HH].[HH].[HH].[HH].[HH].[HH].[HH].[HH].[HH].[HH].[HH].[HH].[HH].[HH].[HH].[HH].[HH].[HH].[HH].[HH].[HH].[HH].[HH].[HH].[HH].[HH].[HH].[HH].[HH].[HH].[HH].[HH].[HH].[HH].[HH].[HH].[HH].[HH].[HH].[HH].[HH].[HH].[HH].[HH].[HH].[HH].[HH].[HH].[HH].[HH].[HH].[HH].[HH].[HH].[HH].[HH].[HH]. The fraction of sp³-hybridized carbons (Fsp3) is 0.545. The lowest BCUT2D eigenvalue weighted by Gasteiger charge is -2.18. The van der Waals surface area contributed by atoms with Gasteiger partial charge < -0.3 is 15.0 Å². The van der Waals surface area contributed by atoms with E-state index in [-0.39, 0.29) is 156 Å². The van der Waals surface area contributed by atoms with Crippen molar-refractivity contribution in [3.8, 4) is 5.75 Å². The number of aliphatic imine (C=N–C) groups is 1. The molecule has 6 nitrogen and oxygen atoms in total. The number of H-pyrrole nitrogens is 1. The molecule has 28 heavy (non-hydrogen) atoms. The van der Waals surface area contributed by atoms with Crippen LogP contribution in [0.1, 0.15) is 208 Å². The monoisotopic (exact) mass is 597 g/mol. The second-order valence-corrected chi connectivity index (χ2v) is 7.42. The van der Waals surface area contributed by atoms with Crippen molar-refractivity contribution < 1.29 is 155 Å². The van der Waals surface area contributed by atoms with E-state index in [2.05, 4.69) is 41.3 Å². The molecule has 1 heterocycles. The molecule has 2 rings (SSSR count). The minimum Gasteiger partial charge on any atom is -0.491 e. The molecule has 0 saturated heterocycles. The van der Waals surface area contributed by atoms with Crippen LogP contribution in [0.3, 0.4) is 0 Å². The molecule has 1 aromatic carbocycles. The molecule has 0 aliphatic rings. The highest BCUT2D eigenvalue weighted by atomic mass is 16.5. The number of benzene rings is 1. The van der Waals surface area contributed by atoms with Crippen molar-refractivity contribution in [1.82, 2.24) is 15.3 Å². The summed E-state index contributed by atoms with van der Waals surface area (Å²) in [5.41, 5.74) is 4.20. The van der Waals surface area contributed by atoms with E-state index >= 15 is 0 Å². The largest absolute Gasteiger partial charge is 0.491 e. The summed E-state index contributed by atoms with van der Waals surface area (Å²) in [5, 5.41) is 11.0. The average Bonchev–Trinajstić information content (AvgIpc) is 3.04. The summed E-state index contributed by atoms with van der Waals surface area (Å²) in [5.74, 6) is 1.69. The van der Waals surface area contributed by atoms with Gasteiger partial charge in [0.05, 0.1) is 11.8 Å². The Hall–Kier alpha value is -2.50. The van der Waals surface area contributed by atoms with Crippen molar-refractivity contribution in [3.63, 3.8) is 0 Å². The van der Waals surface area contributed by atoms with Crippen LogP contribution < -0.4 is 10.1 Å². The van der Waals surface area contributed by atoms with Gasteiger partial charge in [-0.1, -0.05) is 19.8 Å². The van der Waals surface area contributed by atoms with Crippen LogP contribution in [0.4, 0.5) is 0 Å². The highest BCUT2D eigenvalue weighted by molar-refractivity contribution is 6.10. The highest BCUT2D eigenvalue weighted by Crippen LogP contribution is 2.28. The summed E-state index contributed by atoms with van der Waals surface area (Å²) in [6.45, 7) is 11.3. The lowest BCUT2D eigenvalue weighted by molar-refractivity contribution is 0.241. The van der Waals surface area contributed by atoms with Gasteiger partial charge in [-0.3, -0.25) is 4.99 Å². The van der Waals surface area contributed by atoms with E-state index in [1.807, 2.05) is 34.0 Å². The van der Waals surface area contributed by atoms with E-state index in [1.54, 1.807) is 12.1 Å². The number of ether oxygens (including phenoxy) is 1. The van der Waals surface area contributed by atoms with Crippen LogP contribution in [-0.2, 0) is 0 Å². The molecule has 0 spiro atoms. The molecular formula is C22H245N5O. The Morgan fingerprint density at radius 3 is 2.71 bits per heavy atom. The molecule has 0 atom stereocenters. The summed E-state index contributed by atoms with van der Waals surface area (Å²) >= 11 is 0. The van der Waals surface area contributed by atoms with Crippen LogP contribution in [0.5, 0.6) is 5.75 Å². The van der Waals surface area contributed by atoms with Gasteiger partial charge in [0.25, 0.3) is 0 Å². The summed E-state index contributed by atoms with van der Waals surface area (Å²) in [6, 6.07) is 4.23. The number of hydrogen-bond donors (Lipinski definition) is 2. The summed E-state index contributed by atoms with van der Waals surface area (Å²) in [4.78, 5) is 7.69. The molecule has 0 saturated carbocycles. The molecule has 364 valence electrons. The lowest BCUT2D eigenvalue weighted by atomic mass is 10.1. The van der Waals surface area contributed by atoms with Gasteiger partial charge >= 0.3 is 0 Å². The first kappa shape index (κ1) is 21.8. The molecular weight excluding hydrogens is 350 g/mol. The van der Waals surface area contributed by atoms with E-state index in [4.69, 9.17) is 9.84 Å². The van der Waals surface area contributed by atoms with Crippen LogP contribution in [0.25, 0.3) is 10.9 Å². The Kier molecular flexibility index (Phi) is 7.91. The molecule has 2 N–H and O–H groups in total. The quantitative estimate of drug-likeness (QED) is 0.138. The molecule has 1 aromatic heterocycles.